The first-order valence-electron chi connectivity index (χ1n) is 8.73. The highest BCUT2D eigenvalue weighted by Gasteiger charge is 2.30. The van der Waals surface area contributed by atoms with Crippen LogP contribution in [0.25, 0.3) is 0 Å². The number of piperazine rings is 1. The second-order valence-corrected chi connectivity index (χ2v) is 8.77. The predicted molar refractivity (Wildman–Crippen MR) is 103 cm³/mol. The Labute approximate surface area is 159 Å². The Hall–Kier alpha value is -2.26. The van der Waals surface area contributed by atoms with E-state index in [1.807, 2.05) is 36.9 Å². The summed E-state index contributed by atoms with van der Waals surface area (Å²) in [7, 11) is 0.182. The minimum absolute atomic E-state index is 0.152. The number of aromatic nitrogens is 2. The molecule has 0 bridgehead atoms. The van der Waals surface area contributed by atoms with Crippen LogP contribution in [0.1, 0.15) is 11.3 Å². The van der Waals surface area contributed by atoms with Crippen molar-refractivity contribution in [1.29, 1.82) is 0 Å². The van der Waals surface area contributed by atoms with Crippen molar-refractivity contribution in [2.45, 2.75) is 18.7 Å². The van der Waals surface area contributed by atoms with Gasteiger partial charge in [-0.05, 0) is 37.6 Å². The zero-order chi connectivity index (χ0) is 19.8. The van der Waals surface area contributed by atoms with Crippen LogP contribution in [0.5, 0.6) is 0 Å². The van der Waals surface area contributed by atoms with Crippen LogP contribution in [-0.4, -0.2) is 63.0 Å². The summed E-state index contributed by atoms with van der Waals surface area (Å²) in [5.41, 5.74) is 1.27. The average Bonchev–Trinajstić information content (AvgIpc) is 2.61. The molecule has 1 aromatic carbocycles. The summed E-state index contributed by atoms with van der Waals surface area (Å²) in [4.78, 5) is 13.1. The van der Waals surface area contributed by atoms with Gasteiger partial charge in [-0.25, -0.2) is 17.8 Å². The first-order valence-corrected chi connectivity index (χ1v) is 10.2. The van der Waals surface area contributed by atoms with E-state index in [-0.39, 0.29) is 4.90 Å². The third kappa shape index (κ3) is 4.03. The molecule has 0 atom stereocenters. The van der Waals surface area contributed by atoms with E-state index in [0.717, 1.165) is 11.5 Å². The maximum absolute atomic E-state index is 13.3. The maximum Gasteiger partial charge on any atom is 0.243 e. The van der Waals surface area contributed by atoms with Crippen molar-refractivity contribution in [1.82, 2.24) is 14.3 Å². The van der Waals surface area contributed by atoms with Crippen molar-refractivity contribution < 1.29 is 12.8 Å². The van der Waals surface area contributed by atoms with Crippen molar-refractivity contribution >= 4 is 21.8 Å². The van der Waals surface area contributed by atoms with Crippen LogP contribution in [0.3, 0.4) is 0 Å². The standard InChI is InChI=1S/C18H24FN5O2S/c1-13-11-15(19)5-6-16(13)27(25,26)24-9-7-23(8-10-24)18-20-14(2)12-17(21-18)22(3)4/h5-6,11-12H,7-10H2,1-4H3. The van der Waals surface area contributed by atoms with Gasteiger partial charge < -0.3 is 9.80 Å². The summed E-state index contributed by atoms with van der Waals surface area (Å²) in [5, 5.41) is 0. The molecule has 0 aliphatic carbocycles. The summed E-state index contributed by atoms with van der Waals surface area (Å²) in [6.07, 6.45) is 0. The lowest BCUT2D eigenvalue weighted by molar-refractivity contribution is 0.382. The summed E-state index contributed by atoms with van der Waals surface area (Å²) < 4.78 is 40.6. The molecule has 0 radical (unpaired) electrons. The molecule has 0 amide bonds. The van der Waals surface area contributed by atoms with Crippen LogP contribution in [0.4, 0.5) is 16.2 Å². The molecule has 1 aliphatic rings. The molecule has 7 nitrogen and oxygen atoms in total. The average molecular weight is 393 g/mol. The highest BCUT2D eigenvalue weighted by atomic mass is 32.2. The third-order valence-corrected chi connectivity index (χ3v) is 6.62. The smallest absolute Gasteiger partial charge is 0.243 e. The molecule has 2 heterocycles. The van der Waals surface area contributed by atoms with Gasteiger partial charge in [-0.1, -0.05) is 0 Å². The summed E-state index contributed by atoms with van der Waals surface area (Å²) in [5.74, 6) is 0.979. The number of anilines is 2. The molecule has 3 rings (SSSR count). The van der Waals surface area contributed by atoms with Crippen molar-refractivity contribution in [3.8, 4) is 0 Å². The number of nitrogens with zero attached hydrogens (tertiary/aromatic N) is 5. The fraction of sp³-hybridized carbons (Fsp3) is 0.444. The number of halogens is 1. The zero-order valence-corrected chi connectivity index (χ0v) is 16.8. The van der Waals surface area contributed by atoms with E-state index in [2.05, 4.69) is 9.97 Å². The molecule has 146 valence electrons. The van der Waals surface area contributed by atoms with Gasteiger partial charge in [0.1, 0.15) is 11.6 Å². The fourth-order valence-electron chi connectivity index (χ4n) is 3.08. The number of sulfonamides is 1. The van der Waals surface area contributed by atoms with Gasteiger partial charge in [0.25, 0.3) is 0 Å². The van der Waals surface area contributed by atoms with Crippen molar-refractivity contribution in [2.24, 2.45) is 0 Å². The molecule has 1 fully saturated rings. The van der Waals surface area contributed by atoms with Gasteiger partial charge in [0.2, 0.25) is 16.0 Å². The molecule has 1 aliphatic heterocycles. The van der Waals surface area contributed by atoms with Crippen molar-refractivity contribution in [3.05, 3.63) is 41.3 Å². The third-order valence-electron chi connectivity index (χ3n) is 4.56. The Kier molecular flexibility index (Phi) is 5.34. The van der Waals surface area contributed by atoms with Gasteiger partial charge in [-0.2, -0.15) is 9.29 Å². The second kappa shape index (κ2) is 7.40. The lowest BCUT2D eigenvalue weighted by Gasteiger charge is -2.34. The van der Waals surface area contributed by atoms with E-state index in [0.29, 0.717) is 37.7 Å². The normalized spacial score (nSPS) is 15.8. The molecule has 0 saturated carbocycles. The van der Waals surface area contributed by atoms with E-state index in [4.69, 9.17) is 0 Å². The number of benzene rings is 1. The lowest BCUT2D eigenvalue weighted by atomic mass is 10.2. The Morgan fingerprint density at radius 3 is 2.30 bits per heavy atom. The molecule has 0 spiro atoms. The molecule has 0 N–H and O–H groups in total. The quantitative estimate of drug-likeness (QED) is 0.789. The summed E-state index contributed by atoms with van der Waals surface area (Å²) in [6, 6.07) is 5.66. The minimum atomic E-state index is -3.65. The summed E-state index contributed by atoms with van der Waals surface area (Å²) in [6.45, 7) is 5.17. The van der Waals surface area contributed by atoms with Crippen molar-refractivity contribution in [2.75, 3.05) is 50.1 Å². The number of hydrogen-bond donors (Lipinski definition) is 0. The Balaban J connectivity index is 1.77. The van der Waals surface area contributed by atoms with Gasteiger partial charge in [-0.15, -0.1) is 0 Å². The minimum Gasteiger partial charge on any atom is -0.363 e. The van der Waals surface area contributed by atoms with E-state index in [1.54, 1.807) is 6.92 Å². The van der Waals surface area contributed by atoms with Crippen molar-refractivity contribution in [3.63, 3.8) is 0 Å². The highest BCUT2D eigenvalue weighted by molar-refractivity contribution is 7.89. The van der Waals surface area contributed by atoms with E-state index in [1.165, 1.54) is 22.5 Å². The van der Waals surface area contributed by atoms with Crippen LogP contribution < -0.4 is 9.80 Å². The molecule has 9 heteroatoms. The first-order chi connectivity index (χ1) is 12.7. The fourth-order valence-corrected chi connectivity index (χ4v) is 4.70. The Morgan fingerprint density at radius 2 is 1.70 bits per heavy atom. The second-order valence-electron chi connectivity index (χ2n) is 6.86. The highest BCUT2D eigenvalue weighted by Crippen LogP contribution is 2.23. The molecule has 2 aromatic rings. The van der Waals surface area contributed by atoms with Crippen LogP contribution >= 0.6 is 0 Å². The van der Waals surface area contributed by atoms with Crippen LogP contribution in [-0.2, 0) is 10.0 Å². The zero-order valence-electron chi connectivity index (χ0n) is 16.0. The van der Waals surface area contributed by atoms with E-state index < -0.39 is 15.8 Å². The van der Waals surface area contributed by atoms with E-state index in [9.17, 15) is 12.8 Å². The molecule has 1 saturated heterocycles. The van der Waals surface area contributed by atoms with Gasteiger partial charge in [-0.3, -0.25) is 0 Å². The largest absolute Gasteiger partial charge is 0.363 e. The van der Waals surface area contributed by atoms with Crippen LogP contribution in [0.15, 0.2) is 29.2 Å². The number of aryl methyl sites for hydroxylation is 2. The van der Waals surface area contributed by atoms with Gasteiger partial charge in [0.15, 0.2) is 0 Å². The molecular weight excluding hydrogens is 369 g/mol. The first kappa shape index (κ1) is 19.5. The van der Waals surface area contributed by atoms with Gasteiger partial charge in [0.05, 0.1) is 4.90 Å². The van der Waals surface area contributed by atoms with E-state index >= 15 is 0 Å². The van der Waals surface area contributed by atoms with Crippen LogP contribution in [0, 0.1) is 19.7 Å². The SMILES string of the molecule is Cc1cc(N(C)C)nc(N2CCN(S(=O)(=O)c3ccc(F)cc3C)CC2)n1. The molecular formula is C18H24FN5O2S. The Bertz CT molecular complexity index is 941. The molecule has 0 unspecified atom stereocenters. The monoisotopic (exact) mass is 393 g/mol. The van der Waals surface area contributed by atoms with Gasteiger partial charge in [0, 0.05) is 52.0 Å². The predicted octanol–water partition coefficient (Wildman–Crippen LogP) is 1.81. The molecule has 27 heavy (non-hydrogen) atoms. The maximum atomic E-state index is 13.3. The number of rotatable bonds is 4. The van der Waals surface area contributed by atoms with Gasteiger partial charge >= 0.3 is 0 Å². The lowest BCUT2D eigenvalue weighted by Crippen LogP contribution is -2.49. The Morgan fingerprint density at radius 1 is 1.04 bits per heavy atom. The van der Waals surface area contributed by atoms with Crippen LogP contribution in [0.2, 0.25) is 0 Å². The topological polar surface area (TPSA) is 69.6 Å². The summed E-state index contributed by atoms with van der Waals surface area (Å²) >= 11 is 0. The number of hydrogen-bond acceptors (Lipinski definition) is 6. The molecule has 1 aromatic heterocycles.